The molecule has 0 fully saturated rings. The highest BCUT2D eigenvalue weighted by atomic mass is 35.5. The monoisotopic (exact) mass is 349 g/mol. The third-order valence-electron chi connectivity index (χ3n) is 2.95. The molecule has 0 radical (unpaired) electrons. The number of carbonyl (C=O) groups is 1. The Morgan fingerprint density at radius 3 is 2.64 bits per heavy atom. The van der Waals surface area contributed by atoms with E-state index in [0.717, 1.165) is 0 Å². The highest BCUT2D eigenvalue weighted by Gasteiger charge is 2.28. The van der Waals surface area contributed by atoms with E-state index in [2.05, 4.69) is 0 Å². The predicted octanol–water partition coefficient (Wildman–Crippen LogP) is 2.50. The molecule has 0 amide bonds. The number of nitrogens with zero attached hydrogens (tertiary/aromatic N) is 1. The maximum absolute atomic E-state index is 11.8. The number of benzene rings is 1. The minimum Gasteiger partial charge on any atom is -0.460 e. The second-order valence-corrected chi connectivity index (χ2v) is 7.51. The van der Waals surface area contributed by atoms with Gasteiger partial charge in [0.05, 0.1) is 10.7 Å². The largest absolute Gasteiger partial charge is 0.460 e. The van der Waals surface area contributed by atoms with Crippen LogP contribution in [-0.4, -0.2) is 30.3 Å². The Labute approximate surface area is 133 Å². The van der Waals surface area contributed by atoms with Gasteiger partial charge >= 0.3 is 5.97 Å². The first-order valence-corrected chi connectivity index (χ1v) is 8.59. The van der Waals surface area contributed by atoms with Crippen molar-refractivity contribution in [2.24, 2.45) is 0 Å². The molecule has 1 rings (SSSR count). The van der Waals surface area contributed by atoms with Crippen LogP contribution >= 0.6 is 11.6 Å². The zero-order chi connectivity index (χ0) is 16.9. The lowest BCUT2D eigenvalue weighted by atomic mass is 10.2. The summed E-state index contributed by atoms with van der Waals surface area (Å²) in [7, 11) is -3.55. The Balaban J connectivity index is 2.76. The van der Waals surface area contributed by atoms with Crippen LogP contribution in [0.2, 0.25) is 5.02 Å². The molecule has 22 heavy (non-hydrogen) atoms. The first kappa shape index (κ1) is 18.4. The molecule has 7 nitrogen and oxygen atoms in total. The van der Waals surface area contributed by atoms with Crippen LogP contribution in [0.3, 0.4) is 0 Å². The Kier molecular flexibility index (Phi) is 6.31. The molecule has 0 spiro atoms. The van der Waals surface area contributed by atoms with Gasteiger partial charge in [-0.15, -0.1) is 0 Å². The van der Waals surface area contributed by atoms with E-state index in [1.54, 1.807) is 6.92 Å². The maximum Gasteiger partial charge on any atom is 0.324 e. The number of rotatable bonds is 7. The van der Waals surface area contributed by atoms with Gasteiger partial charge in [0.25, 0.3) is 5.69 Å². The lowest BCUT2D eigenvalue weighted by Gasteiger charge is -2.12. The molecule has 0 aliphatic rings. The van der Waals surface area contributed by atoms with Crippen LogP contribution in [0.25, 0.3) is 0 Å². The molecule has 9 heteroatoms. The SMILES string of the molecule is CCCS(=O)(=O)[C@H](C)C(=O)OCc1ccc(Cl)c([N+](=O)[O-])c1. The molecule has 0 aliphatic heterocycles. The predicted molar refractivity (Wildman–Crippen MR) is 81.4 cm³/mol. The molecule has 1 aromatic carbocycles. The lowest BCUT2D eigenvalue weighted by molar-refractivity contribution is -0.384. The minimum atomic E-state index is -3.55. The van der Waals surface area contributed by atoms with Crippen LogP contribution in [0.5, 0.6) is 0 Å². The third kappa shape index (κ3) is 4.67. The fraction of sp³-hybridized carbons (Fsp3) is 0.462. The van der Waals surface area contributed by atoms with Gasteiger partial charge in [-0.25, -0.2) is 8.42 Å². The average molecular weight is 350 g/mol. The van der Waals surface area contributed by atoms with Crippen molar-refractivity contribution in [3.8, 4) is 0 Å². The zero-order valence-electron chi connectivity index (χ0n) is 12.1. The van der Waals surface area contributed by atoms with Crippen LogP contribution in [0.15, 0.2) is 18.2 Å². The van der Waals surface area contributed by atoms with Crippen LogP contribution in [0.1, 0.15) is 25.8 Å². The van der Waals surface area contributed by atoms with Gasteiger partial charge in [-0.1, -0.05) is 24.6 Å². The minimum absolute atomic E-state index is 0.0287. The number of nitro benzene ring substituents is 1. The van der Waals surface area contributed by atoms with Gasteiger partial charge in [-0.05, 0) is 25.0 Å². The molecule has 0 bridgehead atoms. The molecule has 0 saturated carbocycles. The number of nitro groups is 1. The van der Waals surface area contributed by atoms with Gasteiger partial charge in [0, 0.05) is 6.07 Å². The molecular formula is C13H16ClNO6S. The van der Waals surface area contributed by atoms with Gasteiger partial charge < -0.3 is 4.74 Å². The van der Waals surface area contributed by atoms with Crippen molar-refractivity contribution in [1.29, 1.82) is 0 Å². The van der Waals surface area contributed by atoms with Crippen molar-refractivity contribution in [1.82, 2.24) is 0 Å². The molecular weight excluding hydrogens is 334 g/mol. The number of esters is 1. The second kappa shape index (κ2) is 7.55. The molecule has 0 aromatic heterocycles. The smallest absolute Gasteiger partial charge is 0.324 e. The average Bonchev–Trinajstić information content (AvgIpc) is 2.44. The number of sulfone groups is 1. The van der Waals surface area contributed by atoms with E-state index in [4.69, 9.17) is 16.3 Å². The maximum atomic E-state index is 11.8. The topological polar surface area (TPSA) is 104 Å². The summed E-state index contributed by atoms with van der Waals surface area (Å²) in [6.07, 6.45) is 0.406. The first-order chi connectivity index (χ1) is 10.2. The summed E-state index contributed by atoms with van der Waals surface area (Å²) in [4.78, 5) is 21.9. The van der Waals surface area contributed by atoms with E-state index in [1.807, 2.05) is 0 Å². The van der Waals surface area contributed by atoms with E-state index in [1.165, 1.54) is 25.1 Å². The summed E-state index contributed by atoms with van der Waals surface area (Å²) in [6.45, 7) is 2.70. The van der Waals surface area contributed by atoms with Gasteiger partial charge in [0.15, 0.2) is 15.1 Å². The number of carbonyl (C=O) groups excluding carboxylic acids is 1. The molecule has 122 valence electrons. The number of hydrogen-bond acceptors (Lipinski definition) is 6. The summed E-state index contributed by atoms with van der Waals surface area (Å²) < 4.78 is 28.4. The van der Waals surface area contributed by atoms with Crippen molar-refractivity contribution in [3.05, 3.63) is 38.9 Å². The normalized spacial score (nSPS) is 12.7. The second-order valence-electron chi connectivity index (χ2n) is 4.66. The van der Waals surface area contributed by atoms with Crippen LogP contribution in [0.4, 0.5) is 5.69 Å². The molecule has 1 aromatic rings. The van der Waals surface area contributed by atoms with Crippen molar-refractivity contribution in [2.75, 3.05) is 5.75 Å². The Hall–Kier alpha value is -1.67. The summed E-state index contributed by atoms with van der Waals surface area (Å²) in [5.74, 6) is -0.985. The number of ether oxygens (including phenoxy) is 1. The standard InChI is InChI=1S/C13H16ClNO6S/c1-3-6-22(19,20)9(2)13(16)21-8-10-4-5-11(14)12(7-10)15(17)18/h4-5,7,9H,3,6,8H2,1-2H3/t9-/m1/s1. The van der Waals surface area contributed by atoms with Gasteiger partial charge in [-0.2, -0.15) is 0 Å². The highest BCUT2D eigenvalue weighted by Crippen LogP contribution is 2.25. The first-order valence-electron chi connectivity index (χ1n) is 6.50. The van der Waals surface area contributed by atoms with Gasteiger partial charge in [0.2, 0.25) is 0 Å². The Bertz CT molecular complexity index is 673. The number of hydrogen-bond donors (Lipinski definition) is 0. The molecule has 1 atom stereocenters. The highest BCUT2D eigenvalue weighted by molar-refractivity contribution is 7.92. The van der Waals surface area contributed by atoms with Crippen molar-refractivity contribution in [3.63, 3.8) is 0 Å². The third-order valence-corrected chi connectivity index (χ3v) is 5.51. The summed E-state index contributed by atoms with van der Waals surface area (Å²) in [5, 5.41) is 9.46. The van der Waals surface area contributed by atoms with Gasteiger partial charge in [0.1, 0.15) is 11.6 Å². The van der Waals surface area contributed by atoms with E-state index in [-0.39, 0.29) is 23.1 Å². The number of halogens is 1. The Morgan fingerprint density at radius 1 is 1.45 bits per heavy atom. The summed E-state index contributed by atoms with van der Waals surface area (Å²) in [6, 6.07) is 3.97. The zero-order valence-corrected chi connectivity index (χ0v) is 13.7. The van der Waals surface area contributed by atoms with Crippen molar-refractivity contribution in [2.45, 2.75) is 32.1 Å². The molecule has 0 N–H and O–H groups in total. The fourth-order valence-electron chi connectivity index (χ4n) is 1.67. The van der Waals surface area contributed by atoms with Crippen LogP contribution in [-0.2, 0) is 26.0 Å². The Morgan fingerprint density at radius 2 is 2.09 bits per heavy atom. The molecule has 0 saturated heterocycles. The fourth-order valence-corrected chi connectivity index (χ4v) is 3.14. The molecule has 0 unspecified atom stereocenters. The van der Waals surface area contributed by atoms with E-state index in [9.17, 15) is 23.3 Å². The van der Waals surface area contributed by atoms with E-state index in [0.29, 0.717) is 12.0 Å². The van der Waals surface area contributed by atoms with Crippen molar-refractivity contribution < 1.29 is 22.9 Å². The van der Waals surface area contributed by atoms with Crippen molar-refractivity contribution >= 4 is 33.1 Å². The summed E-state index contributed by atoms with van der Waals surface area (Å²) in [5.41, 5.74) is 0.0476. The van der Waals surface area contributed by atoms with Gasteiger partial charge in [-0.3, -0.25) is 14.9 Å². The van der Waals surface area contributed by atoms with Crippen LogP contribution in [0, 0.1) is 10.1 Å². The summed E-state index contributed by atoms with van der Waals surface area (Å²) >= 11 is 5.67. The van der Waals surface area contributed by atoms with E-state index >= 15 is 0 Å². The lowest BCUT2D eigenvalue weighted by Crippen LogP contribution is -2.30. The molecule has 0 heterocycles. The van der Waals surface area contributed by atoms with Crippen LogP contribution < -0.4 is 0 Å². The molecule has 0 aliphatic carbocycles. The van der Waals surface area contributed by atoms with E-state index < -0.39 is 26.0 Å². The quantitative estimate of drug-likeness (QED) is 0.425.